The van der Waals surface area contributed by atoms with Crippen LogP contribution in [0.3, 0.4) is 0 Å². The lowest BCUT2D eigenvalue weighted by molar-refractivity contribution is -0.152. The zero-order valence-corrected chi connectivity index (χ0v) is 17.4. The van der Waals surface area contributed by atoms with Crippen LogP contribution in [0.2, 0.25) is 5.15 Å². The number of nitrogens with one attached hydrogen (secondary N) is 1. The minimum absolute atomic E-state index is 0.327. The van der Waals surface area contributed by atoms with Crippen molar-refractivity contribution in [3.8, 4) is 0 Å². The quantitative estimate of drug-likeness (QED) is 0.561. The molecule has 0 saturated heterocycles. The van der Waals surface area contributed by atoms with Crippen LogP contribution in [0, 0.1) is 12.8 Å². The lowest BCUT2D eigenvalue weighted by atomic mass is 9.77. The summed E-state index contributed by atoms with van der Waals surface area (Å²) in [5.74, 6) is -0.157. The van der Waals surface area contributed by atoms with Gasteiger partial charge in [0.25, 0.3) is 0 Å². The first-order chi connectivity index (χ1) is 12.8. The molecule has 0 bridgehead atoms. The van der Waals surface area contributed by atoms with Crippen LogP contribution in [-0.2, 0) is 20.9 Å². The summed E-state index contributed by atoms with van der Waals surface area (Å²) >= 11 is 6.40. The molecule has 150 valence electrons. The fourth-order valence-corrected chi connectivity index (χ4v) is 3.80. The maximum absolute atomic E-state index is 12.5. The third kappa shape index (κ3) is 5.12. The molecule has 1 heterocycles. The predicted octanol–water partition coefficient (Wildman–Crippen LogP) is 3.90. The van der Waals surface area contributed by atoms with Crippen LogP contribution in [0.1, 0.15) is 63.6 Å². The molecule has 0 aliphatic heterocycles. The highest BCUT2D eigenvalue weighted by Crippen LogP contribution is 2.33. The van der Waals surface area contributed by atoms with E-state index in [1.165, 1.54) is 13.2 Å². The molecule has 7 heteroatoms. The minimum Gasteiger partial charge on any atom is -0.467 e. The van der Waals surface area contributed by atoms with Crippen molar-refractivity contribution in [1.29, 1.82) is 0 Å². The number of hydrogen-bond acceptors (Lipinski definition) is 4. The van der Waals surface area contributed by atoms with Gasteiger partial charge in [-0.05, 0) is 51.0 Å². The molecule has 6 nitrogen and oxygen atoms in total. The molecule has 0 aromatic carbocycles. The van der Waals surface area contributed by atoms with E-state index in [9.17, 15) is 9.59 Å². The molecular weight excluding hydrogens is 366 g/mol. The van der Waals surface area contributed by atoms with Gasteiger partial charge in [-0.2, -0.15) is 5.10 Å². The van der Waals surface area contributed by atoms with Crippen LogP contribution in [0.15, 0.2) is 6.08 Å². The van der Waals surface area contributed by atoms with Crippen molar-refractivity contribution in [2.75, 3.05) is 7.11 Å². The predicted molar refractivity (Wildman–Crippen MR) is 106 cm³/mol. The molecule has 0 unspecified atom stereocenters. The summed E-state index contributed by atoms with van der Waals surface area (Å²) in [6.45, 7) is 6.88. The van der Waals surface area contributed by atoms with Crippen LogP contribution in [0.4, 0.5) is 0 Å². The van der Waals surface area contributed by atoms with E-state index in [2.05, 4.69) is 24.3 Å². The number of aryl methyl sites for hydroxylation is 2. The largest absolute Gasteiger partial charge is 0.467 e. The molecule has 1 aromatic heterocycles. The number of ether oxygens (including phenoxy) is 1. The van der Waals surface area contributed by atoms with Crippen molar-refractivity contribution < 1.29 is 14.3 Å². The SMILES string of the molecule is CCCCn1nc(C)c(/C=C/C(=O)NC2(C(=O)OC)CCC(C)CC2)c1Cl. The number of amides is 1. The van der Waals surface area contributed by atoms with Gasteiger partial charge < -0.3 is 10.1 Å². The Hall–Kier alpha value is -1.82. The van der Waals surface area contributed by atoms with Gasteiger partial charge in [-0.3, -0.25) is 9.48 Å². The zero-order valence-electron chi connectivity index (χ0n) is 16.7. The molecule has 0 radical (unpaired) electrons. The van der Waals surface area contributed by atoms with E-state index in [1.807, 2.05) is 6.92 Å². The average Bonchev–Trinajstić information content (AvgIpc) is 2.92. The van der Waals surface area contributed by atoms with Crippen LogP contribution in [-0.4, -0.2) is 34.3 Å². The monoisotopic (exact) mass is 395 g/mol. The van der Waals surface area contributed by atoms with Gasteiger partial charge in [-0.15, -0.1) is 0 Å². The standard InChI is InChI=1S/C20H30ClN3O3/c1-5-6-13-24-18(21)16(15(3)23-24)7-8-17(25)22-20(19(26)27-4)11-9-14(2)10-12-20/h7-8,14H,5-6,9-13H2,1-4H3,(H,22,25)/b8-7+. The van der Waals surface area contributed by atoms with E-state index in [4.69, 9.17) is 16.3 Å². The van der Waals surface area contributed by atoms with E-state index < -0.39 is 5.54 Å². The third-order valence-electron chi connectivity index (χ3n) is 5.30. The Morgan fingerprint density at radius 3 is 2.67 bits per heavy atom. The van der Waals surface area contributed by atoms with Crippen molar-refractivity contribution in [3.63, 3.8) is 0 Å². The minimum atomic E-state index is -0.938. The molecule has 1 aliphatic rings. The van der Waals surface area contributed by atoms with E-state index >= 15 is 0 Å². The van der Waals surface area contributed by atoms with Gasteiger partial charge in [-0.1, -0.05) is 31.9 Å². The number of methoxy groups -OCH3 is 1. The molecule has 0 spiro atoms. The second kappa shape index (κ2) is 9.40. The summed E-state index contributed by atoms with van der Waals surface area (Å²) < 4.78 is 6.72. The first-order valence-corrected chi connectivity index (χ1v) is 10.0. The molecule has 2 rings (SSSR count). The lowest BCUT2D eigenvalue weighted by Crippen LogP contribution is -2.56. The number of carbonyl (C=O) groups is 2. The van der Waals surface area contributed by atoms with Gasteiger partial charge in [0.15, 0.2) is 0 Å². The summed E-state index contributed by atoms with van der Waals surface area (Å²) in [4.78, 5) is 24.8. The Bertz CT molecular complexity index is 704. The van der Waals surface area contributed by atoms with Crippen LogP contribution >= 0.6 is 11.6 Å². The summed E-state index contributed by atoms with van der Waals surface area (Å²) in [7, 11) is 1.36. The van der Waals surface area contributed by atoms with Gasteiger partial charge in [0.2, 0.25) is 5.91 Å². The van der Waals surface area contributed by atoms with Gasteiger partial charge in [0, 0.05) is 18.2 Å². The first-order valence-electron chi connectivity index (χ1n) is 9.64. The highest BCUT2D eigenvalue weighted by molar-refractivity contribution is 6.31. The first kappa shape index (κ1) is 21.5. The van der Waals surface area contributed by atoms with E-state index in [0.717, 1.165) is 43.5 Å². The smallest absolute Gasteiger partial charge is 0.331 e. The van der Waals surface area contributed by atoms with Crippen molar-refractivity contribution >= 4 is 29.6 Å². The lowest BCUT2D eigenvalue weighted by Gasteiger charge is -2.37. The molecule has 1 aromatic rings. The van der Waals surface area contributed by atoms with Crippen LogP contribution in [0.5, 0.6) is 0 Å². The van der Waals surface area contributed by atoms with Crippen LogP contribution < -0.4 is 5.32 Å². The number of hydrogen-bond donors (Lipinski definition) is 1. The summed E-state index contributed by atoms with van der Waals surface area (Å²) in [5.41, 5.74) is 0.564. The highest BCUT2D eigenvalue weighted by Gasteiger charge is 2.43. The van der Waals surface area contributed by atoms with E-state index in [1.54, 1.807) is 10.8 Å². The molecule has 1 saturated carbocycles. The number of esters is 1. The molecule has 1 fully saturated rings. The van der Waals surface area contributed by atoms with E-state index in [-0.39, 0.29) is 11.9 Å². The Labute approximate surface area is 166 Å². The second-order valence-corrected chi connectivity index (χ2v) is 7.80. The second-order valence-electron chi connectivity index (χ2n) is 7.45. The van der Waals surface area contributed by atoms with Crippen LogP contribution in [0.25, 0.3) is 6.08 Å². The van der Waals surface area contributed by atoms with Gasteiger partial charge in [0.1, 0.15) is 10.7 Å². The zero-order chi connectivity index (χ0) is 20.0. The number of unbranched alkanes of at least 4 members (excludes halogenated alkanes) is 1. The van der Waals surface area contributed by atoms with Crippen molar-refractivity contribution in [1.82, 2.24) is 15.1 Å². The fourth-order valence-electron chi connectivity index (χ4n) is 3.48. The van der Waals surface area contributed by atoms with Crippen molar-refractivity contribution in [2.24, 2.45) is 5.92 Å². The molecule has 1 aliphatic carbocycles. The Kier molecular flexibility index (Phi) is 7.48. The fraction of sp³-hybridized carbons (Fsp3) is 0.650. The summed E-state index contributed by atoms with van der Waals surface area (Å²) in [5, 5.41) is 7.84. The Morgan fingerprint density at radius 1 is 1.41 bits per heavy atom. The average molecular weight is 396 g/mol. The summed E-state index contributed by atoms with van der Waals surface area (Å²) in [6.07, 6.45) is 8.08. The molecule has 27 heavy (non-hydrogen) atoms. The molecule has 1 amide bonds. The topological polar surface area (TPSA) is 73.2 Å². The molecular formula is C20H30ClN3O3. The van der Waals surface area contributed by atoms with Gasteiger partial charge in [-0.25, -0.2) is 4.79 Å². The van der Waals surface area contributed by atoms with Crippen molar-refractivity contribution in [2.45, 2.75) is 71.4 Å². The number of aromatic nitrogens is 2. The van der Waals surface area contributed by atoms with Gasteiger partial charge >= 0.3 is 5.97 Å². The molecule has 0 atom stereocenters. The maximum Gasteiger partial charge on any atom is 0.331 e. The summed E-state index contributed by atoms with van der Waals surface area (Å²) in [6, 6.07) is 0. The maximum atomic E-state index is 12.5. The van der Waals surface area contributed by atoms with Crippen molar-refractivity contribution in [3.05, 3.63) is 22.5 Å². The number of carbonyl (C=O) groups excluding carboxylic acids is 2. The number of nitrogens with zero attached hydrogens (tertiary/aromatic N) is 2. The molecule has 1 N–H and O–H groups in total. The Morgan fingerprint density at radius 2 is 2.07 bits per heavy atom. The Balaban J connectivity index is 2.11. The van der Waals surface area contributed by atoms with Gasteiger partial charge in [0.05, 0.1) is 12.8 Å². The number of halogens is 1. The normalized spacial score (nSPS) is 22.8. The highest BCUT2D eigenvalue weighted by atomic mass is 35.5. The van der Waals surface area contributed by atoms with E-state index in [0.29, 0.717) is 23.9 Å². The number of rotatable bonds is 7. The third-order valence-corrected chi connectivity index (χ3v) is 5.70.